The van der Waals surface area contributed by atoms with Crippen LogP contribution in [0.4, 0.5) is 0 Å². The zero-order valence-electron chi connectivity index (χ0n) is 9.48. The molecular weight excluding hydrogens is 206 g/mol. The largest absolute Gasteiger partial charge is 0.481 e. The Kier molecular flexibility index (Phi) is 3.29. The van der Waals surface area contributed by atoms with E-state index in [0.717, 1.165) is 44.0 Å². The van der Waals surface area contributed by atoms with Gasteiger partial charge >= 0.3 is 5.97 Å². The van der Waals surface area contributed by atoms with Gasteiger partial charge in [-0.15, -0.1) is 0 Å². The number of carboxylic acids is 1. The number of aliphatic carboxylic acids is 1. The average molecular weight is 223 g/mol. The van der Waals surface area contributed by atoms with E-state index < -0.39 is 5.97 Å². The van der Waals surface area contributed by atoms with E-state index >= 15 is 0 Å². The number of piperidine rings is 1. The van der Waals surface area contributed by atoms with Crippen LogP contribution >= 0.6 is 0 Å². The van der Waals surface area contributed by atoms with Gasteiger partial charge in [-0.25, -0.2) is 0 Å². The summed E-state index contributed by atoms with van der Waals surface area (Å²) in [6, 6.07) is 3.94. The predicted octanol–water partition coefficient (Wildman–Crippen LogP) is 1.88. The van der Waals surface area contributed by atoms with Gasteiger partial charge < -0.3 is 9.52 Å². The lowest BCUT2D eigenvalue weighted by molar-refractivity contribution is -0.143. The van der Waals surface area contributed by atoms with Crippen molar-refractivity contribution in [3.05, 3.63) is 23.7 Å². The zero-order chi connectivity index (χ0) is 11.5. The molecular formula is C12H17NO3. The fourth-order valence-electron chi connectivity index (χ4n) is 2.13. The third kappa shape index (κ3) is 2.64. The van der Waals surface area contributed by atoms with Crippen LogP contribution in [-0.2, 0) is 11.3 Å². The van der Waals surface area contributed by atoms with Crippen LogP contribution in [0.2, 0.25) is 0 Å². The van der Waals surface area contributed by atoms with Crippen molar-refractivity contribution in [2.75, 3.05) is 13.1 Å². The predicted molar refractivity (Wildman–Crippen MR) is 59.1 cm³/mol. The number of furan rings is 1. The highest BCUT2D eigenvalue weighted by atomic mass is 16.4. The first-order valence-corrected chi connectivity index (χ1v) is 5.65. The van der Waals surface area contributed by atoms with Crippen molar-refractivity contribution >= 4 is 5.97 Å². The van der Waals surface area contributed by atoms with Gasteiger partial charge in [0.05, 0.1) is 12.5 Å². The second-order valence-corrected chi connectivity index (χ2v) is 4.40. The molecule has 0 spiro atoms. The summed E-state index contributed by atoms with van der Waals surface area (Å²) in [6.07, 6.45) is 1.49. The summed E-state index contributed by atoms with van der Waals surface area (Å²) >= 11 is 0. The quantitative estimate of drug-likeness (QED) is 0.850. The second-order valence-electron chi connectivity index (χ2n) is 4.40. The summed E-state index contributed by atoms with van der Waals surface area (Å²) in [5, 5.41) is 8.88. The van der Waals surface area contributed by atoms with Crippen molar-refractivity contribution in [2.45, 2.75) is 26.3 Å². The number of hydrogen-bond acceptors (Lipinski definition) is 3. The molecule has 0 bridgehead atoms. The third-order valence-corrected chi connectivity index (χ3v) is 3.11. The van der Waals surface area contributed by atoms with E-state index in [1.165, 1.54) is 0 Å². The molecule has 0 aliphatic carbocycles. The van der Waals surface area contributed by atoms with Crippen LogP contribution in [0.15, 0.2) is 16.5 Å². The van der Waals surface area contributed by atoms with Crippen LogP contribution in [-0.4, -0.2) is 29.1 Å². The number of nitrogens with zero attached hydrogens (tertiary/aromatic N) is 1. The van der Waals surface area contributed by atoms with E-state index in [1.54, 1.807) is 0 Å². The zero-order valence-corrected chi connectivity index (χ0v) is 9.48. The Morgan fingerprint density at radius 1 is 1.50 bits per heavy atom. The van der Waals surface area contributed by atoms with Gasteiger partial charge in [-0.3, -0.25) is 9.69 Å². The third-order valence-electron chi connectivity index (χ3n) is 3.11. The topological polar surface area (TPSA) is 53.7 Å². The minimum atomic E-state index is -0.659. The Balaban J connectivity index is 1.83. The molecule has 0 atom stereocenters. The number of rotatable bonds is 3. The van der Waals surface area contributed by atoms with Crippen molar-refractivity contribution in [1.29, 1.82) is 0 Å². The Hall–Kier alpha value is -1.29. The van der Waals surface area contributed by atoms with Gasteiger partial charge in [-0.2, -0.15) is 0 Å². The maximum Gasteiger partial charge on any atom is 0.306 e. The molecule has 0 aromatic carbocycles. The highest BCUT2D eigenvalue weighted by Gasteiger charge is 2.24. The van der Waals surface area contributed by atoms with Crippen molar-refractivity contribution in [3.8, 4) is 0 Å². The van der Waals surface area contributed by atoms with E-state index in [0.29, 0.717) is 0 Å². The molecule has 16 heavy (non-hydrogen) atoms. The maximum atomic E-state index is 10.8. The number of hydrogen-bond donors (Lipinski definition) is 1. The van der Waals surface area contributed by atoms with E-state index in [9.17, 15) is 4.79 Å². The molecule has 1 N–H and O–H groups in total. The maximum absolute atomic E-state index is 10.8. The molecule has 0 saturated carbocycles. The number of aryl methyl sites for hydroxylation is 1. The molecule has 1 aliphatic heterocycles. The summed E-state index contributed by atoms with van der Waals surface area (Å²) in [5.74, 6) is 1.07. The first-order chi connectivity index (χ1) is 7.65. The van der Waals surface area contributed by atoms with E-state index in [1.807, 2.05) is 19.1 Å². The lowest BCUT2D eigenvalue weighted by Gasteiger charge is -2.29. The summed E-state index contributed by atoms with van der Waals surface area (Å²) in [4.78, 5) is 13.0. The molecule has 1 saturated heterocycles. The molecule has 88 valence electrons. The molecule has 0 radical (unpaired) electrons. The van der Waals surface area contributed by atoms with Crippen LogP contribution in [0.5, 0.6) is 0 Å². The van der Waals surface area contributed by atoms with Crippen molar-refractivity contribution in [2.24, 2.45) is 5.92 Å². The SMILES string of the molecule is Cc1ccc(CN2CCC(C(=O)O)CC2)o1. The van der Waals surface area contributed by atoms with Crippen molar-refractivity contribution < 1.29 is 14.3 Å². The van der Waals surface area contributed by atoms with Crippen LogP contribution in [0.25, 0.3) is 0 Å². The van der Waals surface area contributed by atoms with Gasteiger partial charge in [0.2, 0.25) is 0 Å². The normalized spacial score (nSPS) is 18.8. The number of carboxylic acid groups (broad SMARTS) is 1. The summed E-state index contributed by atoms with van der Waals surface area (Å²) < 4.78 is 5.50. The highest BCUT2D eigenvalue weighted by molar-refractivity contribution is 5.70. The smallest absolute Gasteiger partial charge is 0.306 e. The first-order valence-electron chi connectivity index (χ1n) is 5.65. The molecule has 1 aliphatic rings. The summed E-state index contributed by atoms with van der Waals surface area (Å²) in [5.41, 5.74) is 0. The molecule has 1 aromatic rings. The molecule has 4 heteroatoms. The van der Waals surface area contributed by atoms with Crippen LogP contribution in [0.3, 0.4) is 0 Å². The Morgan fingerprint density at radius 2 is 2.19 bits per heavy atom. The summed E-state index contributed by atoms with van der Waals surface area (Å²) in [7, 11) is 0. The Labute approximate surface area is 94.9 Å². The Morgan fingerprint density at radius 3 is 2.69 bits per heavy atom. The van der Waals surface area contributed by atoms with Gasteiger partial charge in [0.15, 0.2) is 0 Å². The van der Waals surface area contributed by atoms with Gasteiger partial charge in [0.25, 0.3) is 0 Å². The van der Waals surface area contributed by atoms with Gasteiger partial charge in [0, 0.05) is 0 Å². The standard InChI is InChI=1S/C12H17NO3/c1-9-2-3-11(16-9)8-13-6-4-10(5-7-13)12(14)15/h2-3,10H,4-8H2,1H3,(H,14,15). The van der Waals surface area contributed by atoms with E-state index in [2.05, 4.69) is 4.90 Å². The van der Waals surface area contributed by atoms with E-state index in [-0.39, 0.29) is 5.92 Å². The molecule has 2 rings (SSSR count). The molecule has 1 aromatic heterocycles. The first kappa shape index (κ1) is 11.2. The summed E-state index contributed by atoms with van der Waals surface area (Å²) in [6.45, 7) is 4.41. The fraction of sp³-hybridized carbons (Fsp3) is 0.583. The van der Waals surface area contributed by atoms with Gasteiger partial charge in [0.1, 0.15) is 11.5 Å². The number of likely N-dealkylation sites (tertiary alicyclic amines) is 1. The van der Waals surface area contributed by atoms with Crippen molar-refractivity contribution in [1.82, 2.24) is 4.90 Å². The minimum Gasteiger partial charge on any atom is -0.481 e. The van der Waals surface area contributed by atoms with Gasteiger partial charge in [-0.1, -0.05) is 0 Å². The van der Waals surface area contributed by atoms with E-state index in [4.69, 9.17) is 9.52 Å². The van der Waals surface area contributed by atoms with Crippen LogP contribution < -0.4 is 0 Å². The number of carbonyl (C=O) groups is 1. The second kappa shape index (κ2) is 4.70. The fourth-order valence-corrected chi connectivity index (χ4v) is 2.13. The van der Waals surface area contributed by atoms with Crippen LogP contribution in [0.1, 0.15) is 24.4 Å². The Bertz CT molecular complexity index is 364. The average Bonchev–Trinajstić information content (AvgIpc) is 2.65. The molecule has 4 nitrogen and oxygen atoms in total. The lowest BCUT2D eigenvalue weighted by Crippen LogP contribution is -2.35. The molecule has 1 fully saturated rings. The molecule has 0 unspecified atom stereocenters. The van der Waals surface area contributed by atoms with Crippen molar-refractivity contribution in [3.63, 3.8) is 0 Å². The highest BCUT2D eigenvalue weighted by Crippen LogP contribution is 2.19. The molecule has 2 heterocycles. The van der Waals surface area contributed by atoms with Crippen LogP contribution in [0, 0.1) is 12.8 Å². The minimum absolute atomic E-state index is 0.158. The van der Waals surface area contributed by atoms with Gasteiger partial charge in [-0.05, 0) is 45.0 Å². The molecule has 0 amide bonds. The monoisotopic (exact) mass is 223 g/mol. The lowest BCUT2D eigenvalue weighted by atomic mass is 9.97.